The van der Waals surface area contributed by atoms with Gasteiger partial charge in [-0.05, 0) is 51.0 Å². The molecule has 11 heteroatoms. The third kappa shape index (κ3) is 6.46. The van der Waals surface area contributed by atoms with Crippen LogP contribution in [0.3, 0.4) is 0 Å². The first-order valence-electron chi connectivity index (χ1n) is 12.4. The van der Waals surface area contributed by atoms with Crippen LogP contribution in [0.15, 0.2) is 41.3 Å². The Morgan fingerprint density at radius 3 is 2.47 bits per heavy atom. The van der Waals surface area contributed by atoms with Crippen molar-refractivity contribution in [3.63, 3.8) is 0 Å². The van der Waals surface area contributed by atoms with Crippen LogP contribution in [0.4, 0.5) is 8.78 Å². The molecule has 0 bridgehead atoms. The molecule has 1 saturated heterocycles. The van der Waals surface area contributed by atoms with Crippen molar-refractivity contribution in [2.24, 2.45) is 0 Å². The first-order chi connectivity index (χ1) is 18.0. The number of pyridine rings is 1. The molecule has 38 heavy (non-hydrogen) atoms. The van der Waals surface area contributed by atoms with Crippen molar-refractivity contribution in [2.75, 3.05) is 26.2 Å². The number of nitrogens with one attached hydrogen (secondary N) is 1. The highest BCUT2D eigenvalue weighted by Gasteiger charge is 2.25. The molecule has 204 valence electrons. The van der Waals surface area contributed by atoms with E-state index >= 15 is 0 Å². The predicted octanol–water partition coefficient (Wildman–Crippen LogP) is 4.80. The number of ether oxygens (including phenoxy) is 1. The molecule has 0 spiro atoms. The Morgan fingerprint density at radius 2 is 1.82 bits per heavy atom. The minimum Gasteiger partial charge on any atom is -0.491 e. The highest BCUT2D eigenvalue weighted by Crippen LogP contribution is 2.24. The van der Waals surface area contributed by atoms with Crippen molar-refractivity contribution < 1.29 is 23.4 Å². The molecule has 0 radical (unpaired) electrons. The number of aromatic nitrogens is 1. The average molecular weight is 568 g/mol. The number of aliphatic hydroxyl groups is 1. The molecule has 1 aliphatic rings. The number of hydrogen-bond donors (Lipinski definition) is 2. The monoisotopic (exact) mass is 567 g/mol. The van der Waals surface area contributed by atoms with E-state index in [0.29, 0.717) is 38.0 Å². The summed E-state index contributed by atoms with van der Waals surface area (Å²) in [5.74, 6) is -1.54. The maximum atomic E-state index is 14.1. The molecule has 0 saturated carbocycles. The summed E-state index contributed by atoms with van der Waals surface area (Å²) in [6.45, 7) is 5.38. The van der Waals surface area contributed by atoms with Gasteiger partial charge in [-0.1, -0.05) is 23.2 Å². The number of piperidine rings is 1. The fourth-order valence-corrected chi connectivity index (χ4v) is 4.84. The third-order valence-electron chi connectivity index (χ3n) is 6.60. The molecule has 2 heterocycles. The van der Waals surface area contributed by atoms with Crippen LogP contribution in [0.5, 0.6) is 5.75 Å². The van der Waals surface area contributed by atoms with Crippen LogP contribution in [-0.4, -0.2) is 58.9 Å². The molecule has 1 amide bonds. The van der Waals surface area contributed by atoms with Gasteiger partial charge in [0.15, 0.2) is 0 Å². The van der Waals surface area contributed by atoms with Crippen molar-refractivity contribution in [1.82, 2.24) is 14.8 Å². The maximum absolute atomic E-state index is 14.1. The molecule has 1 atom stereocenters. The van der Waals surface area contributed by atoms with Crippen LogP contribution in [0, 0.1) is 11.6 Å². The predicted molar refractivity (Wildman–Crippen MR) is 143 cm³/mol. The smallest absolute Gasteiger partial charge is 0.256 e. The summed E-state index contributed by atoms with van der Waals surface area (Å²) in [5.41, 5.74) is -0.141. The van der Waals surface area contributed by atoms with Crippen molar-refractivity contribution in [2.45, 2.75) is 44.9 Å². The minimum atomic E-state index is -0.791. The second-order valence-corrected chi connectivity index (χ2v) is 10.6. The lowest BCUT2D eigenvalue weighted by Crippen LogP contribution is -2.47. The normalized spacial score (nSPS) is 15.7. The van der Waals surface area contributed by atoms with Crippen LogP contribution in [-0.2, 0) is 0 Å². The molecular weight excluding hydrogens is 539 g/mol. The summed E-state index contributed by atoms with van der Waals surface area (Å²) in [5, 5.41) is 13.3. The number of aliphatic hydroxyl groups excluding tert-OH is 1. The fraction of sp³-hybridized carbons (Fsp3) is 0.407. The quantitative estimate of drug-likeness (QED) is 0.408. The molecule has 1 aliphatic heterocycles. The zero-order valence-electron chi connectivity index (χ0n) is 21.0. The van der Waals surface area contributed by atoms with E-state index in [-0.39, 0.29) is 45.4 Å². The van der Waals surface area contributed by atoms with E-state index in [1.165, 1.54) is 30.5 Å². The van der Waals surface area contributed by atoms with Gasteiger partial charge in [-0.25, -0.2) is 8.78 Å². The number of hydrogen-bond acceptors (Lipinski definition) is 5. The Morgan fingerprint density at radius 1 is 1.13 bits per heavy atom. The van der Waals surface area contributed by atoms with E-state index in [2.05, 4.69) is 5.32 Å². The summed E-state index contributed by atoms with van der Waals surface area (Å²) in [6.07, 6.45) is 1.95. The number of carbonyl (C=O) groups is 1. The summed E-state index contributed by atoms with van der Waals surface area (Å²) < 4.78 is 34.9. The Kier molecular flexibility index (Phi) is 8.92. The number of halogens is 4. The molecule has 0 unspecified atom stereocenters. The molecule has 4 rings (SSSR count). The highest BCUT2D eigenvalue weighted by molar-refractivity contribution is 6.31. The van der Waals surface area contributed by atoms with E-state index in [0.717, 1.165) is 6.07 Å². The first kappa shape index (κ1) is 28.3. The number of β-amino-alcohol motifs (C(OH)–C–C–N with tert-alkyl or cyclic N) is 1. The van der Waals surface area contributed by atoms with E-state index < -0.39 is 29.1 Å². The van der Waals surface area contributed by atoms with Gasteiger partial charge >= 0.3 is 0 Å². The maximum Gasteiger partial charge on any atom is 0.256 e. The van der Waals surface area contributed by atoms with Gasteiger partial charge in [-0.15, -0.1) is 0 Å². The summed E-state index contributed by atoms with van der Waals surface area (Å²) in [6, 6.07) is 6.31. The zero-order valence-corrected chi connectivity index (χ0v) is 22.5. The van der Waals surface area contributed by atoms with Crippen LogP contribution < -0.4 is 15.5 Å². The van der Waals surface area contributed by atoms with E-state index in [4.69, 9.17) is 27.9 Å². The molecular formula is C27H29Cl2F2N3O4. The first-order valence-corrected chi connectivity index (χ1v) is 13.1. The van der Waals surface area contributed by atoms with Gasteiger partial charge in [-0.2, -0.15) is 0 Å². The van der Waals surface area contributed by atoms with Crippen molar-refractivity contribution in [3.05, 3.63) is 74.0 Å². The van der Waals surface area contributed by atoms with Crippen LogP contribution >= 0.6 is 23.2 Å². The lowest BCUT2D eigenvalue weighted by molar-refractivity contribution is 0.0567. The highest BCUT2D eigenvalue weighted by atomic mass is 35.5. The Bertz CT molecular complexity index is 1390. The lowest BCUT2D eigenvalue weighted by Gasteiger charge is -2.33. The van der Waals surface area contributed by atoms with Gasteiger partial charge < -0.3 is 24.6 Å². The second kappa shape index (κ2) is 12.0. The largest absolute Gasteiger partial charge is 0.491 e. The average Bonchev–Trinajstić information content (AvgIpc) is 2.87. The van der Waals surface area contributed by atoms with Gasteiger partial charge in [-0.3, -0.25) is 9.59 Å². The molecule has 2 aromatic carbocycles. The van der Waals surface area contributed by atoms with Gasteiger partial charge in [0.2, 0.25) is 5.43 Å². The van der Waals surface area contributed by atoms with Gasteiger partial charge in [0.25, 0.3) is 5.91 Å². The number of benzene rings is 2. The molecule has 1 aromatic heterocycles. The van der Waals surface area contributed by atoms with E-state index in [1.807, 2.05) is 18.7 Å². The molecule has 7 nitrogen and oxygen atoms in total. The minimum absolute atomic E-state index is 0.00196. The Labute approximate surface area is 228 Å². The van der Waals surface area contributed by atoms with Gasteiger partial charge in [0, 0.05) is 49.4 Å². The molecule has 3 aromatic rings. The van der Waals surface area contributed by atoms with Crippen LogP contribution in [0.1, 0.15) is 43.1 Å². The number of nitrogens with zero attached hydrogens (tertiary/aromatic N) is 2. The van der Waals surface area contributed by atoms with E-state index in [1.54, 1.807) is 4.57 Å². The fourth-order valence-electron chi connectivity index (χ4n) is 4.57. The number of fused-ring (bicyclic) bond motifs is 1. The van der Waals surface area contributed by atoms with Gasteiger partial charge in [0.05, 0.1) is 15.6 Å². The topological polar surface area (TPSA) is 83.8 Å². The Balaban J connectivity index is 1.34. The number of rotatable bonds is 8. The van der Waals surface area contributed by atoms with Gasteiger partial charge in [0.1, 0.15) is 35.7 Å². The number of amides is 1. The number of likely N-dealkylation sites (tertiary alicyclic amines) is 1. The third-order valence-corrected chi connectivity index (χ3v) is 7.20. The number of carbonyl (C=O) groups excluding carboxylic acids is 1. The lowest BCUT2D eigenvalue weighted by atomic mass is 10.0. The summed E-state index contributed by atoms with van der Waals surface area (Å²) in [4.78, 5) is 28.2. The van der Waals surface area contributed by atoms with Crippen LogP contribution in [0.2, 0.25) is 10.0 Å². The summed E-state index contributed by atoms with van der Waals surface area (Å²) in [7, 11) is 0. The zero-order chi connectivity index (χ0) is 27.6. The molecule has 2 N–H and O–H groups in total. The SMILES string of the molecule is CC(C)n1cc(C(=O)NC2CCN(C[C@@H](O)COc3ccc(Cl)c(F)c3)CC2)c(=O)c2cc(F)c(Cl)cc21. The molecule has 0 aliphatic carbocycles. The van der Waals surface area contributed by atoms with Crippen LogP contribution in [0.25, 0.3) is 10.9 Å². The Hall–Kier alpha value is -2.72. The summed E-state index contributed by atoms with van der Waals surface area (Å²) >= 11 is 11.6. The standard InChI is InChI=1S/C27H29Cl2F2N3O4/c1-15(2)34-13-20(26(36)19-10-24(31)22(29)11-25(19)34)27(37)32-16-5-7-33(8-6-16)12-17(35)14-38-18-3-4-21(28)23(30)9-18/h3-4,9-11,13,15-17,35H,5-8,12,14H2,1-2H3,(H,32,37)/t17-/m1/s1. The van der Waals surface area contributed by atoms with Crippen molar-refractivity contribution in [1.29, 1.82) is 0 Å². The van der Waals surface area contributed by atoms with E-state index in [9.17, 15) is 23.5 Å². The second-order valence-electron chi connectivity index (χ2n) is 9.75. The van der Waals surface area contributed by atoms with Crippen molar-refractivity contribution >= 4 is 40.0 Å². The van der Waals surface area contributed by atoms with Crippen molar-refractivity contribution in [3.8, 4) is 5.75 Å². The molecule has 1 fully saturated rings.